The van der Waals surface area contributed by atoms with Gasteiger partial charge in [-0.1, -0.05) is 112 Å². The zero-order chi connectivity index (χ0) is 28.6. The first kappa shape index (κ1) is 29.0. The summed E-state index contributed by atoms with van der Waals surface area (Å²) in [4.78, 5) is 23.4. The van der Waals surface area contributed by atoms with Crippen LogP contribution in [0, 0.1) is 5.41 Å². The van der Waals surface area contributed by atoms with E-state index < -0.39 is 13.8 Å². The first-order chi connectivity index (χ1) is 19.4. The van der Waals surface area contributed by atoms with Crippen molar-refractivity contribution in [3.63, 3.8) is 0 Å². The van der Waals surface area contributed by atoms with Crippen molar-refractivity contribution in [2.24, 2.45) is 5.41 Å². The molecule has 0 fully saturated rings. The van der Waals surface area contributed by atoms with Crippen LogP contribution in [-0.4, -0.2) is 39.3 Å². The number of hydrogen-bond acceptors (Lipinski definition) is 5. The predicted molar refractivity (Wildman–Crippen MR) is 154 cm³/mol. The monoisotopic (exact) mass is 557 g/mol. The zero-order valence-electron chi connectivity index (χ0n) is 22.8. The molecule has 2 heterocycles. The third-order valence-corrected chi connectivity index (χ3v) is 7.65. The van der Waals surface area contributed by atoms with Crippen molar-refractivity contribution in [1.82, 2.24) is 29.5 Å². The van der Waals surface area contributed by atoms with Crippen LogP contribution >= 0.6 is 8.25 Å². The Balaban J connectivity index is 0.000000867. The molecule has 0 aliphatic heterocycles. The first-order valence-electron chi connectivity index (χ1n) is 13.1. The maximum atomic E-state index is 8.70. The maximum absolute atomic E-state index is 8.70. The Morgan fingerprint density at radius 1 is 0.800 bits per heavy atom. The van der Waals surface area contributed by atoms with Gasteiger partial charge in [-0.2, -0.15) is 10.2 Å². The number of benzene rings is 3. The molecular formula is C30H34N6O3P+. The van der Waals surface area contributed by atoms with Crippen LogP contribution in [0.15, 0.2) is 110 Å². The van der Waals surface area contributed by atoms with Gasteiger partial charge in [0.15, 0.2) is 5.82 Å². The molecule has 5 rings (SSSR count). The minimum atomic E-state index is -2.87. The van der Waals surface area contributed by atoms with Gasteiger partial charge in [-0.15, -0.1) is 9.79 Å². The van der Waals surface area contributed by atoms with Gasteiger partial charge in [-0.05, 0) is 34.9 Å². The molecule has 2 aromatic heterocycles. The fourth-order valence-electron chi connectivity index (χ4n) is 5.23. The highest BCUT2D eigenvalue weighted by Gasteiger charge is 2.42. The van der Waals surface area contributed by atoms with E-state index in [0.29, 0.717) is 0 Å². The van der Waals surface area contributed by atoms with E-state index >= 15 is 0 Å². The Kier molecular flexibility index (Phi) is 9.32. The molecule has 0 aliphatic rings. The molecule has 0 aliphatic carbocycles. The van der Waals surface area contributed by atoms with Crippen molar-refractivity contribution < 1.29 is 14.4 Å². The van der Waals surface area contributed by atoms with Gasteiger partial charge in [0.05, 0.1) is 0 Å². The largest absolute Gasteiger partial charge is 0.692 e. The van der Waals surface area contributed by atoms with Crippen molar-refractivity contribution in [2.45, 2.75) is 45.2 Å². The summed E-state index contributed by atoms with van der Waals surface area (Å²) in [6.07, 6.45) is 7.15. The van der Waals surface area contributed by atoms with E-state index in [9.17, 15) is 0 Å². The number of hydrogen-bond donors (Lipinski definition) is 2. The summed E-state index contributed by atoms with van der Waals surface area (Å²) in [5, 5.41) is 9.76. The van der Waals surface area contributed by atoms with Crippen molar-refractivity contribution in [3.8, 4) is 0 Å². The van der Waals surface area contributed by atoms with Gasteiger partial charge in [-0.25, -0.2) is 19.3 Å². The summed E-state index contributed by atoms with van der Waals surface area (Å²) in [6, 6.07) is 31.5. The van der Waals surface area contributed by atoms with E-state index in [-0.39, 0.29) is 11.5 Å². The van der Waals surface area contributed by atoms with Crippen LogP contribution in [0.4, 0.5) is 0 Å². The van der Waals surface area contributed by atoms with Crippen LogP contribution in [0.5, 0.6) is 0 Å². The lowest BCUT2D eigenvalue weighted by Crippen LogP contribution is -2.38. The van der Waals surface area contributed by atoms with Crippen LogP contribution in [0.3, 0.4) is 0 Å². The van der Waals surface area contributed by atoms with E-state index in [0.717, 1.165) is 35.4 Å². The molecule has 3 aromatic carbocycles. The second-order valence-corrected chi connectivity index (χ2v) is 10.3. The lowest BCUT2D eigenvalue weighted by atomic mass is 9.77. The highest BCUT2D eigenvalue weighted by atomic mass is 31.1. The molecule has 40 heavy (non-hydrogen) atoms. The highest BCUT2D eigenvalue weighted by Crippen LogP contribution is 2.43. The first-order valence-corrected chi connectivity index (χ1v) is 14.3. The summed E-state index contributed by atoms with van der Waals surface area (Å²) in [7, 11) is -2.87. The second kappa shape index (κ2) is 12.9. The fraction of sp³-hybridized carbons (Fsp3) is 0.267. The van der Waals surface area contributed by atoms with Gasteiger partial charge < -0.3 is 0 Å². The van der Waals surface area contributed by atoms with Crippen molar-refractivity contribution >= 4 is 8.25 Å². The molecule has 0 bridgehead atoms. The Morgan fingerprint density at radius 3 is 1.62 bits per heavy atom. The van der Waals surface area contributed by atoms with Gasteiger partial charge in [0.1, 0.15) is 30.6 Å². The van der Waals surface area contributed by atoms with Gasteiger partial charge in [0.2, 0.25) is 0 Å². The van der Waals surface area contributed by atoms with Crippen LogP contribution in [-0.2, 0) is 10.1 Å². The molecule has 206 valence electrons. The molecule has 10 heteroatoms. The molecule has 0 radical (unpaired) electrons. The predicted octanol–water partition coefficient (Wildman–Crippen LogP) is 5.75. The van der Waals surface area contributed by atoms with Crippen molar-refractivity contribution in [2.75, 3.05) is 0 Å². The molecule has 0 spiro atoms. The number of rotatable bonds is 9. The molecule has 9 nitrogen and oxygen atoms in total. The van der Waals surface area contributed by atoms with Crippen molar-refractivity contribution in [3.05, 3.63) is 132 Å². The lowest BCUT2D eigenvalue weighted by molar-refractivity contribution is 0.183. The van der Waals surface area contributed by atoms with Crippen LogP contribution < -0.4 is 0 Å². The average Bonchev–Trinajstić information content (AvgIpc) is 3.69. The number of nitrogens with zero attached hydrogens (tertiary/aromatic N) is 6. The fourth-order valence-corrected chi connectivity index (χ4v) is 5.23. The summed E-state index contributed by atoms with van der Waals surface area (Å²) in [6.45, 7) is 6.71. The Hall–Kier alpha value is -4.04. The third kappa shape index (κ3) is 5.77. The maximum Gasteiger partial charge on any atom is 0.692 e. The third-order valence-electron chi connectivity index (χ3n) is 7.65. The molecule has 1 unspecified atom stereocenters. The lowest BCUT2D eigenvalue weighted by Gasteiger charge is -2.36. The Labute approximate surface area is 235 Å². The van der Waals surface area contributed by atoms with E-state index in [1.807, 2.05) is 33.9 Å². The second-order valence-electron chi connectivity index (χ2n) is 9.75. The highest BCUT2D eigenvalue weighted by molar-refractivity contribution is 7.30. The Morgan fingerprint density at radius 2 is 1.25 bits per heavy atom. The van der Waals surface area contributed by atoms with E-state index in [2.05, 4.69) is 104 Å². The SMILES string of the molecule is CCC(C)(CC)C(c1ncn(C(c2ccccc2)(c2ccccc2)c2ccccc2)n1)n1cncn1.O=[P+](O)O. The van der Waals surface area contributed by atoms with Gasteiger partial charge in [0.25, 0.3) is 0 Å². The molecule has 0 amide bonds. The molecule has 5 aromatic rings. The molecule has 2 N–H and O–H groups in total. The average molecular weight is 558 g/mol. The summed E-state index contributed by atoms with van der Waals surface area (Å²) in [5.41, 5.74) is 2.56. The van der Waals surface area contributed by atoms with Gasteiger partial charge in [0, 0.05) is 4.57 Å². The molecule has 1 atom stereocenters. The summed E-state index contributed by atoms with van der Waals surface area (Å²) in [5.74, 6) is 0.735. The minimum Gasteiger partial charge on any atom is -0.242 e. The summed E-state index contributed by atoms with van der Waals surface area (Å²) < 4.78 is 12.6. The zero-order valence-corrected chi connectivity index (χ0v) is 23.7. The van der Waals surface area contributed by atoms with Crippen molar-refractivity contribution in [1.29, 1.82) is 0 Å². The normalized spacial score (nSPS) is 12.3. The van der Waals surface area contributed by atoms with Crippen LogP contribution in [0.2, 0.25) is 0 Å². The Bertz CT molecular complexity index is 1370. The van der Waals surface area contributed by atoms with Gasteiger partial charge in [-0.3, -0.25) is 0 Å². The van der Waals surface area contributed by atoms with Crippen LogP contribution in [0.25, 0.3) is 0 Å². The van der Waals surface area contributed by atoms with E-state index in [1.165, 1.54) is 0 Å². The van der Waals surface area contributed by atoms with E-state index in [4.69, 9.17) is 24.4 Å². The smallest absolute Gasteiger partial charge is 0.242 e. The molecular weight excluding hydrogens is 523 g/mol. The molecule has 0 saturated carbocycles. The quantitative estimate of drug-likeness (QED) is 0.175. The summed E-state index contributed by atoms with van der Waals surface area (Å²) >= 11 is 0. The van der Waals surface area contributed by atoms with Crippen LogP contribution in [0.1, 0.15) is 62.2 Å². The van der Waals surface area contributed by atoms with Gasteiger partial charge >= 0.3 is 8.25 Å². The molecule has 0 saturated heterocycles. The topological polar surface area (TPSA) is 119 Å². The standard InChI is InChI=1S/C30H32N6.HO3P/c1-4-29(3,5-2)27(35-22-31-21-33-35)28-32-23-36(34-28)30(24-15-9-6-10-16-24,25-17-11-7-12-18-25)26-19-13-8-14-20-26;1-4(2)3/h6-23,27H,4-5H2,1-3H3;(H-,1,2,3)/p+1. The minimum absolute atomic E-state index is 0.0885. The van der Waals surface area contributed by atoms with E-state index in [1.54, 1.807) is 12.7 Å². The number of aromatic nitrogens is 6.